The number of amidine groups is 1. The van der Waals surface area contributed by atoms with Crippen LogP contribution in [0.4, 0.5) is 10.1 Å². The number of aromatic nitrogens is 2. The Balaban J connectivity index is 0.00000298. The first-order valence-corrected chi connectivity index (χ1v) is 13.5. The van der Waals surface area contributed by atoms with Crippen LogP contribution in [0.1, 0.15) is 19.5 Å². The lowest BCUT2D eigenvalue weighted by atomic mass is 10.3. The molecule has 16 heteroatoms. The van der Waals surface area contributed by atoms with Gasteiger partial charge in [0, 0.05) is 20.1 Å². The molecular weight excluding hydrogens is 570 g/mol. The molecule has 0 bridgehead atoms. The van der Waals surface area contributed by atoms with Gasteiger partial charge in [-0.2, -0.15) is 0 Å². The molecule has 0 atom stereocenters. The Bertz CT molecular complexity index is 965. The van der Waals surface area contributed by atoms with Gasteiger partial charge in [0.25, 0.3) is 0 Å². The Morgan fingerprint density at radius 1 is 1.20 bits per heavy atom. The van der Waals surface area contributed by atoms with Crippen LogP contribution in [-0.4, -0.2) is 72.5 Å². The zero-order valence-corrected chi connectivity index (χ0v) is 22.8. The first-order valence-electron chi connectivity index (χ1n) is 10.2. The fraction of sp³-hybridized carbons (Fsp3) is 0.421. The van der Waals surface area contributed by atoms with E-state index < -0.39 is 26.0 Å². The van der Waals surface area contributed by atoms with Crippen LogP contribution < -0.4 is 15.7 Å². The molecule has 35 heavy (non-hydrogen) atoms. The summed E-state index contributed by atoms with van der Waals surface area (Å²) in [7, 11) is 1.43. The normalized spacial score (nSPS) is 11.0. The summed E-state index contributed by atoms with van der Waals surface area (Å²) in [4.78, 5) is 27.0. The zero-order valence-electron chi connectivity index (χ0n) is 19.5. The number of methoxy groups -OCH3 is 2. The molecule has 1 aromatic carbocycles. The number of hydroxylamine groups is 1. The van der Waals surface area contributed by atoms with Gasteiger partial charge < -0.3 is 9.47 Å². The maximum absolute atomic E-state index is 13.4. The maximum Gasteiger partial charge on any atom is 0.319 e. The molecule has 12 nitrogen and oxygen atoms in total. The fourth-order valence-corrected chi connectivity index (χ4v) is 5.23. The molecule has 0 aliphatic heterocycles. The minimum Gasteiger partial charge on any atom is -0.468 e. The lowest BCUT2D eigenvalue weighted by molar-refractivity contribution is -0.139. The van der Waals surface area contributed by atoms with Crippen molar-refractivity contribution in [3.63, 3.8) is 0 Å². The molecule has 4 N–H and O–H groups in total. The van der Waals surface area contributed by atoms with Crippen molar-refractivity contribution in [2.45, 2.75) is 18.9 Å². The van der Waals surface area contributed by atoms with E-state index in [2.05, 4.69) is 50.9 Å². The molecule has 1 heterocycles. The number of nitrogens with zero attached hydrogens (tertiary/aromatic N) is 3. The van der Waals surface area contributed by atoms with E-state index in [4.69, 9.17) is 4.63 Å². The summed E-state index contributed by atoms with van der Waals surface area (Å²) in [5, 5.41) is 23.5. The second-order valence-electron chi connectivity index (χ2n) is 5.91. The molecule has 0 saturated carbocycles. The average molecular weight is 597 g/mol. The number of carbonyl (C=O) groups excluding carboxylic acids is 2. The number of thioether (sulfide) groups is 1. The molecule has 0 aliphatic rings. The summed E-state index contributed by atoms with van der Waals surface area (Å²) >= 11 is 4.33. The predicted molar refractivity (Wildman–Crippen MR) is 133 cm³/mol. The molecule has 0 aliphatic carbocycles. The third-order valence-electron chi connectivity index (χ3n) is 3.77. The summed E-state index contributed by atoms with van der Waals surface area (Å²) in [5.41, 5.74) is 2.45. The van der Waals surface area contributed by atoms with E-state index in [0.717, 1.165) is 0 Å². The van der Waals surface area contributed by atoms with Crippen LogP contribution in [0.25, 0.3) is 0 Å². The number of nitrogens with one attached hydrogen (secondary N) is 3. The quantitative estimate of drug-likeness (QED) is 0.0709. The lowest BCUT2D eigenvalue weighted by Crippen LogP contribution is -2.30. The fourth-order valence-electron chi connectivity index (χ4n) is 2.15. The van der Waals surface area contributed by atoms with Crippen molar-refractivity contribution in [1.82, 2.24) is 26.0 Å². The largest absolute Gasteiger partial charge is 0.468 e. The van der Waals surface area contributed by atoms with E-state index in [1.807, 2.05) is 19.3 Å². The Kier molecular flexibility index (Phi) is 15.3. The molecule has 0 unspecified atom stereocenters. The van der Waals surface area contributed by atoms with Crippen LogP contribution in [-0.2, 0) is 19.1 Å². The molecule has 0 radical (unpaired) electrons. The van der Waals surface area contributed by atoms with E-state index in [-0.39, 0.29) is 29.1 Å². The van der Waals surface area contributed by atoms with E-state index >= 15 is 0 Å². The van der Waals surface area contributed by atoms with Gasteiger partial charge in [0.05, 0.1) is 37.5 Å². The maximum atomic E-state index is 13.4. The number of hydrogen-bond donors (Lipinski definition) is 4. The van der Waals surface area contributed by atoms with E-state index in [1.54, 1.807) is 0 Å². The molecular formula is C19H27BrFN6O6PS. The van der Waals surface area contributed by atoms with Gasteiger partial charge in [-0.25, -0.2) is 14.0 Å². The molecule has 2 rings (SSSR count). The minimum atomic E-state index is -1.13. The first-order chi connectivity index (χ1) is 16.9. The molecule has 0 fully saturated rings. The van der Waals surface area contributed by atoms with Crippen molar-refractivity contribution in [2.75, 3.05) is 39.2 Å². The molecule has 1 aromatic heterocycles. The number of ether oxygens (including phenoxy) is 2. The van der Waals surface area contributed by atoms with Gasteiger partial charge in [-0.3, -0.25) is 30.5 Å². The second-order valence-corrected chi connectivity index (χ2v) is 9.78. The molecule has 194 valence electrons. The van der Waals surface area contributed by atoms with Crippen LogP contribution in [0.15, 0.2) is 37.3 Å². The summed E-state index contributed by atoms with van der Waals surface area (Å²) in [6.07, 6.45) is 0.518. The van der Waals surface area contributed by atoms with Gasteiger partial charge in [0.2, 0.25) is 0 Å². The van der Waals surface area contributed by atoms with E-state index in [0.29, 0.717) is 22.6 Å². The molecule has 0 saturated heterocycles. The first kappa shape index (κ1) is 30.9. The Hall–Kier alpha value is -2.16. The van der Waals surface area contributed by atoms with Crippen LogP contribution in [0.2, 0.25) is 0 Å². The topological polar surface area (TPSA) is 160 Å². The third kappa shape index (κ3) is 11.0. The van der Waals surface area contributed by atoms with Gasteiger partial charge in [-0.1, -0.05) is 13.8 Å². The highest BCUT2D eigenvalue weighted by molar-refractivity contribution is 9.10. The lowest BCUT2D eigenvalue weighted by Gasteiger charge is -2.18. The number of carbonyl (C=O) groups is 2. The molecule has 2 aromatic rings. The van der Waals surface area contributed by atoms with Crippen LogP contribution in [0.5, 0.6) is 0 Å². The molecule has 0 spiro atoms. The number of rotatable bonds is 12. The Morgan fingerprint density at radius 3 is 2.37 bits per heavy atom. The summed E-state index contributed by atoms with van der Waals surface area (Å²) in [6.45, 7) is 3.94. The third-order valence-corrected chi connectivity index (χ3v) is 7.38. The minimum absolute atomic E-state index is 0.0315. The highest BCUT2D eigenvalue weighted by atomic mass is 79.9. The average Bonchev–Trinajstić information content (AvgIpc) is 3.34. The van der Waals surface area contributed by atoms with Crippen molar-refractivity contribution in [1.29, 1.82) is 0 Å². The smallest absolute Gasteiger partial charge is 0.319 e. The summed E-state index contributed by atoms with van der Waals surface area (Å²) < 4.78 is 27.7. The summed E-state index contributed by atoms with van der Waals surface area (Å²) in [6, 6.07) is 4.07. The van der Waals surface area contributed by atoms with Crippen LogP contribution in [0.3, 0.4) is 0 Å². The number of aliphatic imine (C=N–C) groups is 1. The van der Waals surface area contributed by atoms with Crippen LogP contribution >= 0.6 is 35.9 Å². The van der Waals surface area contributed by atoms with Gasteiger partial charge >= 0.3 is 11.9 Å². The zero-order chi connectivity index (χ0) is 26.2. The van der Waals surface area contributed by atoms with E-state index in [9.17, 15) is 19.2 Å². The van der Waals surface area contributed by atoms with Gasteiger partial charge in [-0.15, -0.1) is 11.8 Å². The monoisotopic (exact) mass is 596 g/mol. The second kappa shape index (κ2) is 17.3. The van der Waals surface area contributed by atoms with Crippen molar-refractivity contribution < 1.29 is 33.3 Å². The van der Waals surface area contributed by atoms with Crippen molar-refractivity contribution in [3.05, 3.63) is 34.2 Å². The van der Waals surface area contributed by atoms with E-state index in [1.165, 1.54) is 44.2 Å². The summed E-state index contributed by atoms with van der Waals surface area (Å²) in [5.74, 6) is -0.909. The standard InChI is InChI=1S/C17H21BrFN6O6PS.C2H6/c1-29-13(26)8-20-32(21-9-14(27)30-2)5-6-33-17-15(24-31-25-17)16(23-28)22-10-3-4-12(19)11(18)7-10;1-2/h3-4,7,20-21,28H,5-6,8-9H2,1-2H3,(H,22,23);1-2H3. The number of esters is 2. The Labute approximate surface area is 215 Å². The van der Waals surface area contributed by atoms with Crippen molar-refractivity contribution >= 4 is 59.4 Å². The van der Waals surface area contributed by atoms with Gasteiger partial charge in [0.1, 0.15) is 5.82 Å². The molecule has 0 amide bonds. The SMILES string of the molecule is CC.COC(=O)CNP(CCSc1nonc1C(=Nc1ccc(F)c(Br)c1)NO)NCC(=O)OC. The number of benzene rings is 1. The number of halogens is 2. The highest BCUT2D eigenvalue weighted by Crippen LogP contribution is 2.29. The van der Waals surface area contributed by atoms with Gasteiger partial charge in [-0.05, 0) is 44.4 Å². The van der Waals surface area contributed by atoms with Crippen molar-refractivity contribution in [3.8, 4) is 0 Å². The highest BCUT2D eigenvalue weighted by Gasteiger charge is 2.19. The Morgan fingerprint density at radius 2 is 1.83 bits per heavy atom. The number of hydrogen-bond acceptors (Lipinski definition) is 12. The van der Waals surface area contributed by atoms with Gasteiger partial charge in [0.15, 0.2) is 16.6 Å². The van der Waals surface area contributed by atoms with Crippen LogP contribution in [0, 0.1) is 5.82 Å². The van der Waals surface area contributed by atoms with Crippen molar-refractivity contribution in [2.24, 2.45) is 4.99 Å². The predicted octanol–water partition coefficient (Wildman–Crippen LogP) is 2.98.